The van der Waals surface area contributed by atoms with Gasteiger partial charge in [0.05, 0.1) is 0 Å². The summed E-state index contributed by atoms with van der Waals surface area (Å²) in [7, 11) is 0. The first-order valence-electron chi connectivity index (χ1n) is 6.46. The second-order valence-electron chi connectivity index (χ2n) is 4.91. The van der Waals surface area contributed by atoms with Crippen LogP contribution in [0.5, 0.6) is 0 Å². The molecular formula is C18H16O. The summed E-state index contributed by atoms with van der Waals surface area (Å²) < 4.78 is 6.04. The minimum atomic E-state index is 0.848. The molecule has 0 amide bonds. The zero-order valence-corrected chi connectivity index (χ0v) is 11.0. The Hall–Kier alpha value is -2.28. The molecule has 0 fully saturated rings. The summed E-state index contributed by atoms with van der Waals surface area (Å²) >= 11 is 0. The van der Waals surface area contributed by atoms with Gasteiger partial charge < -0.3 is 4.42 Å². The molecule has 0 radical (unpaired) electrons. The third-order valence-electron chi connectivity index (χ3n) is 3.21. The maximum absolute atomic E-state index is 6.04. The number of hydrogen-bond acceptors (Lipinski definition) is 1. The van der Waals surface area contributed by atoms with Crippen LogP contribution < -0.4 is 0 Å². The van der Waals surface area contributed by atoms with Gasteiger partial charge in [-0.3, -0.25) is 0 Å². The Labute approximate surface area is 113 Å². The average Bonchev–Trinajstić information content (AvgIpc) is 2.78. The summed E-state index contributed by atoms with van der Waals surface area (Å²) in [5, 5.41) is 1.18. The number of para-hydroxylation sites is 1. The molecule has 0 aliphatic rings. The smallest absolute Gasteiger partial charge is 0.138 e. The van der Waals surface area contributed by atoms with E-state index in [0.29, 0.717) is 0 Å². The Bertz CT molecular complexity index is 720. The van der Waals surface area contributed by atoms with Crippen LogP contribution in [0.2, 0.25) is 0 Å². The highest BCUT2D eigenvalue weighted by Gasteiger charge is 2.15. The molecule has 3 rings (SSSR count). The molecule has 94 valence electrons. The van der Waals surface area contributed by atoms with Crippen molar-refractivity contribution in [3.05, 3.63) is 72.3 Å². The monoisotopic (exact) mass is 248 g/mol. The molecule has 2 aromatic carbocycles. The van der Waals surface area contributed by atoms with Crippen LogP contribution in [-0.2, 0) is 6.42 Å². The second-order valence-corrected chi connectivity index (χ2v) is 4.91. The van der Waals surface area contributed by atoms with E-state index in [9.17, 15) is 0 Å². The minimum absolute atomic E-state index is 0.848. The van der Waals surface area contributed by atoms with Gasteiger partial charge in [0.15, 0.2) is 0 Å². The molecule has 0 bridgehead atoms. The number of fused-ring (bicyclic) bond motifs is 1. The van der Waals surface area contributed by atoms with Crippen molar-refractivity contribution in [3.63, 3.8) is 0 Å². The predicted molar refractivity (Wildman–Crippen MR) is 80.2 cm³/mol. The summed E-state index contributed by atoms with van der Waals surface area (Å²) in [4.78, 5) is 0. The van der Waals surface area contributed by atoms with Crippen molar-refractivity contribution in [1.29, 1.82) is 0 Å². The Morgan fingerprint density at radius 2 is 1.68 bits per heavy atom. The van der Waals surface area contributed by atoms with E-state index in [1.165, 1.54) is 10.9 Å². The van der Waals surface area contributed by atoms with Crippen LogP contribution in [-0.4, -0.2) is 0 Å². The molecule has 1 aromatic heterocycles. The highest BCUT2D eigenvalue weighted by Crippen LogP contribution is 2.34. The summed E-state index contributed by atoms with van der Waals surface area (Å²) in [5.74, 6) is 0.963. The van der Waals surface area contributed by atoms with E-state index in [1.54, 1.807) is 0 Å². The second kappa shape index (κ2) is 4.77. The third kappa shape index (κ3) is 2.19. The summed E-state index contributed by atoms with van der Waals surface area (Å²) in [5.41, 5.74) is 4.44. The Balaban J connectivity index is 2.26. The van der Waals surface area contributed by atoms with Crippen molar-refractivity contribution in [1.82, 2.24) is 0 Å². The van der Waals surface area contributed by atoms with Gasteiger partial charge in [-0.1, -0.05) is 60.7 Å². The van der Waals surface area contributed by atoms with Crippen molar-refractivity contribution in [2.45, 2.75) is 13.3 Å². The lowest BCUT2D eigenvalue weighted by molar-refractivity contribution is 0.628. The normalized spacial score (nSPS) is 10.8. The van der Waals surface area contributed by atoms with Gasteiger partial charge in [0.2, 0.25) is 0 Å². The minimum Gasteiger partial charge on any atom is -0.456 e. The van der Waals surface area contributed by atoms with Crippen molar-refractivity contribution in [2.24, 2.45) is 0 Å². The topological polar surface area (TPSA) is 13.1 Å². The van der Waals surface area contributed by atoms with Crippen molar-refractivity contribution >= 4 is 11.0 Å². The van der Waals surface area contributed by atoms with Crippen molar-refractivity contribution in [2.75, 3.05) is 0 Å². The molecule has 19 heavy (non-hydrogen) atoms. The van der Waals surface area contributed by atoms with Crippen LogP contribution in [0.15, 0.2) is 71.2 Å². The number of furan rings is 1. The van der Waals surface area contributed by atoms with Gasteiger partial charge in [0.25, 0.3) is 0 Å². The van der Waals surface area contributed by atoms with Crippen LogP contribution in [0.4, 0.5) is 0 Å². The molecule has 0 saturated heterocycles. The van der Waals surface area contributed by atoms with Crippen LogP contribution in [0.1, 0.15) is 12.5 Å². The Kier molecular flexibility index (Phi) is 2.96. The predicted octanol–water partition coefficient (Wildman–Crippen LogP) is 5.22. The van der Waals surface area contributed by atoms with Gasteiger partial charge in [0, 0.05) is 16.5 Å². The fraction of sp³-hybridized carbons (Fsp3) is 0.111. The van der Waals surface area contributed by atoms with Gasteiger partial charge >= 0.3 is 0 Å². The summed E-state index contributed by atoms with van der Waals surface area (Å²) in [6, 6.07) is 18.4. The first kappa shape index (κ1) is 11.8. The van der Waals surface area contributed by atoms with Crippen LogP contribution in [0.3, 0.4) is 0 Å². The quantitative estimate of drug-likeness (QED) is 0.579. The molecule has 0 saturated carbocycles. The van der Waals surface area contributed by atoms with Gasteiger partial charge in [0.1, 0.15) is 11.3 Å². The van der Waals surface area contributed by atoms with Gasteiger partial charge in [-0.25, -0.2) is 0 Å². The van der Waals surface area contributed by atoms with Crippen LogP contribution >= 0.6 is 0 Å². The average molecular weight is 248 g/mol. The molecular weight excluding hydrogens is 232 g/mol. The number of hydrogen-bond donors (Lipinski definition) is 0. The molecule has 0 unspecified atom stereocenters. The van der Waals surface area contributed by atoms with E-state index < -0.39 is 0 Å². The highest BCUT2D eigenvalue weighted by atomic mass is 16.3. The van der Waals surface area contributed by atoms with E-state index in [4.69, 9.17) is 4.42 Å². The first-order chi connectivity index (χ1) is 9.25. The zero-order chi connectivity index (χ0) is 13.2. The molecule has 1 nitrogen and oxygen atoms in total. The molecule has 1 heterocycles. The number of benzene rings is 2. The van der Waals surface area contributed by atoms with Gasteiger partial charge in [-0.15, -0.1) is 0 Å². The fourth-order valence-electron chi connectivity index (χ4n) is 2.40. The third-order valence-corrected chi connectivity index (χ3v) is 3.21. The Morgan fingerprint density at radius 3 is 2.42 bits per heavy atom. The molecule has 0 aliphatic carbocycles. The highest BCUT2D eigenvalue weighted by molar-refractivity contribution is 5.88. The SMILES string of the molecule is C=C(C)Cc1c(-c2ccccc2)oc2ccccc12. The number of allylic oxidation sites excluding steroid dienone is 1. The first-order valence-corrected chi connectivity index (χ1v) is 6.46. The van der Waals surface area contributed by atoms with Gasteiger partial charge in [-0.2, -0.15) is 0 Å². The molecule has 0 atom stereocenters. The molecule has 1 heteroatoms. The molecule has 0 N–H and O–H groups in total. The van der Waals surface area contributed by atoms with Crippen molar-refractivity contribution in [3.8, 4) is 11.3 Å². The lowest BCUT2D eigenvalue weighted by Gasteiger charge is -2.03. The summed E-state index contributed by atoms with van der Waals surface area (Å²) in [6.45, 7) is 6.08. The summed E-state index contributed by atoms with van der Waals surface area (Å²) in [6.07, 6.45) is 0.848. The van der Waals surface area contributed by atoms with Crippen molar-refractivity contribution < 1.29 is 4.42 Å². The lowest BCUT2D eigenvalue weighted by Crippen LogP contribution is -1.87. The maximum atomic E-state index is 6.04. The number of rotatable bonds is 3. The van der Waals surface area contributed by atoms with E-state index in [0.717, 1.165) is 28.9 Å². The largest absolute Gasteiger partial charge is 0.456 e. The zero-order valence-electron chi connectivity index (χ0n) is 11.0. The molecule has 0 aliphatic heterocycles. The van der Waals surface area contributed by atoms with E-state index in [-0.39, 0.29) is 0 Å². The van der Waals surface area contributed by atoms with Crippen LogP contribution in [0.25, 0.3) is 22.3 Å². The maximum Gasteiger partial charge on any atom is 0.138 e. The fourth-order valence-corrected chi connectivity index (χ4v) is 2.40. The lowest BCUT2D eigenvalue weighted by atomic mass is 10.0. The van der Waals surface area contributed by atoms with E-state index in [1.807, 2.05) is 30.3 Å². The van der Waals surface area contributed by atoms with E-state index in [2.05, 4.69) is 37.8 Å². The van der Waals surface area contributed by atoms with Crippen LogP contribution in [0, 0.1) is 0 Å². The van der Waals surface area contributed by atoms with Gasteiger partial charge in [-0.05, 0) is 19.4 Å². The Morgan fingerprint density at radius 1 is 1.00 bits per heavy atom. The molecule has 0 spiro atoms. The standard InChI is InChI=1S/C18H16O/c1-13(2)12-16-15-10-6-7-11-17(15)19-18(16)14-8-4-3-5-9-14/h3-11H,1,12H2,2H3. The van der Waals surface area contributed by atoms with E-state index >= 15 is 0 Å². The molecule has 3 aromatic rings.